The minimum atomic E-state index is -3.63. The molecule has 3 heterocycles. The van der Waals surface area contributed by atoms with Gasteiger partial charge in [-0.2, -0.15) is 5.10 Å². The van der Waals surface area contributed by atoms with Crippen LogP contribution in [0.25, 0.3) is 0 Å². The first-order valence-electron chi connectivity index (χ1n) is 9.77. The second-order valence-electron chi connectivity index (χ2n) is 6.90. The van der Waals surface area contributed by atoms with Crippen LogP contribution in [-0.2, 0) is 21.3 Å². The second kappa shape index (κ2) is 9.06. The molecular formula is C18H29N7O3S. The molecule has 0 saturated carbocycles. The Morgan fingerprint density at radius 2 is 1.86 bits per heavy atom. The molecule has 0 atom stereocenters. The quantitative estimate of drug-likeness (QED) is 0.601. The molecule has 0 aliphatic carbocycles. The summed E-state index contributed by atoms with van der Waals surface area (Å²) in [5, 5.41) is 7.46. The van der Waals surface area contributed by atoms with Gasteiger partial charge < -0.3 is 15.0 Å². The monoisotopic (exact) mass is 423 g/mol. The van der Waals surface area contributed by atoms with Crippen LogP contribution in [0, 0.1) is 20.8 Å². The predicted molar refractivity (Wildman–Crippen MR) is 111 cm³/mol. The molecule has 0 aromatic carbocycles. The fourth-order valence-electron chi connectivity index (χ4n) is 3.42. The third-order valence-electron chi connectivity index (χ3n) is 4.77. The maximum Gasteiger partial charge on any atom is 0.244 e. The largest absolute Gasteiger partial charge is 0.378 e. The summed E-state index contributed by atoms with van der Waals surface area (Å²) >= 11 is 0. The highest BCUT2D eigenvalue weighted by Gasteiger charge is 2.23. The zero-order chi connectivity index (χ0) is 21.0. The zero-order valence-electron chi connectivity index (χ0n) is 17.4. The molecule has 1 saturated heterocycles. The van der Waals surface area contributed by atoms with Crippen molar-refractivity contribution in [2.75, 3.05) is 49.6 Å². The number of aromatic nitrogens is 4. The molecule has 29 heavy (non-hydrogen) atoms. The molecule has 0 bridgehead atoms. The van der Waals surface area contributed by atoms with Crippen molar-refractivity contribution in [2.45, 2.75) is 39.1 Å². The average molecular weight is 424 g/mol. The minimum Gasteiger partial charge on any atom is -0.378 e. The van der Waals surface area contributed by atoms with Crippen LogP contribution in [0.3, 0.4) is 0 Å². The molecule has 11 heteroatoms. The van der Waals surface area contributed by atoms with Gasteiger partial charge in [-0.1, -0.05) is 0 Å². The van der Waals surface area contributed by atoms with E-state index in [2.05, 4.69) is 30.0 Å². The second-order valence-corrected chi connectivity index (χ2v) is 8.60. The van der Waals surface area contributed by atoms with Gasteiger partial charge in [-0.25, -0.2) is 23.1 Å². The Balaban J connectivity index is 1.60. The van der Waals surface area contributed by atoms with Crippen molar-refractivity contribution in [1.29, 1.82) is 0 Å². The van der Waals surface area contributed by atoms with E-state index in [1.165, 1.54) is 0 Å². The number of rotatable bonds is 8. The van der Waals surface area contributed by atoms with E-state index < -0.39 is 10.0 Å². The van der Waals surface area contributed by atoms with E-state index in [0.717, 1.165) is 18.9 Å². The third kappa shape index (κ3) is 5.03. The number of nitrogens with zero attached hydrogens (tertiary/aromatic N) is 5. The number of ether oxygens (including phenoxy) is 1. The summed E-state index contributed by atoms with van der Waals surface area (Å²) in [6.07, 6.45) is 0. The summed E-state index contributed by atoms with van der Waals surface area (Å²) in [4.78, 5) is 11.3. The molecule has 0 unspecified atom stereocenters. The highest BCUT2D eigenvalue weighted by Crippen LogP contribution is 2.19. The van der Waals surface area contributed by atoms with Gasteiger partial charge in [0.1, 0.15) is 22.4 Å². The molecule has 1 fully saturated rings. The van der Waals surface area contributed by atoms with Crippen molar-refractivity contribution in [3.05, 3.63) is 23.3 Å². The van der Waals surface area contributed by atoms with E-state index in [9.17, 15) is 8.42 Å². The first-order valence-corrected chi connectivity index (χ1v) is 11.3. The molecule has 0 radical (unpaired) electrons. The van der Waals surface area contributed by atoms with Crippen molar-refractivity contribution in [1.82, 2.24) is 24.5 Å². The summed E-state index contributed by atoms with van der Waals surface area (Å²) in [7, 11) is -3.63. The predicted octanol–water partition coefficient (Wildman–Crippen LogP) is 0.845. The number of hydrogen-bond donors (Lipinski definition) is 2. The Morgan fingerprint density at radius 3 is 2.52 bits per heavy atom. The van der Waals surface area contributed by atoms with Crippen LogP contribution in [0.5, 0.6) is 0 Å². The average Bonchev–Trinajstić information content (AvgIpc) is 2.99. The lowest BCUT2D eigenvalue weighted by Crippen LogP contribution is -2.37. The number of morpholine rings is 1. The van der Waals surface area contributed by atoms with Crippen LogP contribution < -0.4 is 14.9 Å². The van der Waals surface area contributed by atoms with Crippen molar-refractivity contribution >= 4 is 21.7 Å². The molecule has 1 aliphatic heterocycles. The van der Waals surface area contributed by atoms with Gasteiger partial charge in [0.15, 0.2) is 0 Å². The minimum absolute atomic E-state index is 0.231. The Bertz CT molecular complexity index is 953. The van der Waals surface area contributed by atoms with Crippen LogP contribution in [0.15, 0.2) is 11.0 Å². The van der Waals surface area contributed by atoms with Crippen molar-refractivity contribution in [2.24, 2.45) is 0 Å². The van der Waals surface area contributed by atoms with Crippen LogP contribution in [-0.4, -0.2) is 67.6 Å². The molecule has 2 aromatic rings. The van der Waals surface area contributed by atoms with Gasteiger partial charge >= 0.3 is 0 Å². The molecule has 10 nitrogen and oxygen atoms in total. The van der Waals surface area contributed by atoms with Gasteiger partial charge in [0.25, 0.3) is 0 Å². The number of anilines is 2. The summed E-state index contributed by atoms with van der Waals surface area (Å²) in [5.41, 5.74) is 1.15. The Labute approximate surface area is 171 Å². The molecule has 3 rings (SSSR count). The summed E-state index contributed by atoms with van der Waals surface area (Å²) in [6, 6.07) is 1.88. The lowest BCUT2D eigenvalue weighted by Gasteiger charge is -2.28. The van der Waals surface area contributed by atoms with E-state index in [1.54, 1.807) is 18.5 Å². The SMILES string of the molecule is CCn1nc(C)c(S(=O)(=O)NCCNc2cc(N3CCOCC3)nc(C)n2)c1C. The normalized spacial score (nSPS) is 15.0. The molecule has 2 aromatic heterocycles. The van der Waals surface area contributed by atoms with Gasteiger partial charge in [0, 0.05) is 38.8 Å². The Kier molecular flexibility index (Phi) is 6.70. The Morgan fingerprint density at radius 1 is 1.14 bits per heavy atom. The molecule has 0 spiro atoms. The summed E-state index contributed by atoms with van der Waals surface area (Å²) in [6.45, 7) is 11.5. The molecule has 2 N–H and O–H groups in total. The smallest absolute Gasteiger partial charge is 0.244 e. The van der Waals surface area contributed by atoms with E-state index in [-0.39, 0.29) is 11.4 Å². The molecule has 0 amide bonds. The van der Waals surface area contributed by atoms with Crippen molar-refractivity contribution in [3.8, 4) is 0 Å². The maximum atomic E-state index is 12.7. The van der Waals surface area contributed by atoms with Gasteiger partial charge in [-0.15, -0.1) is 0 Å². The number of hydrogen-bond acceptors (Lipinski definition) is 8. The molecule has 160 valence electrons. The lowest BCUT2D eigenvalue weighted by atomic mass is 10.4. The van der Waals surface area contributed by atoms with Crippen LogP contribution >= 0.6 is 0 Å². The fraction of sp³-hybridized carbons (Fsp3) is 0.611. The first kappa shape index (κ1) is 21.5. The standard InChI is InChI=1S/C18H29N7O3S/c1-5-25-14(3)18(13(2)23-25)29(26,27)20-7-6-19-16-12-17(22-15(4)21-16)24-8-10-28-11-9-24/h12,20H,5-11H2,1-4H3,(H,19,21,22). The summed E-state index contributed by atoms with van der Waals surface area (Å²) < 4.78 is 35.1. The Hall–Kier alpha value is -2.24. The number of nitrogens with one attached hydrogen (secondary N) is 2. The highest BCUT2D eigenvalue weighted by molar-refractivity contribution is 7.89. The first-order chi connectivity index (χ1) is 13.8. The van der Waals surface area contributed by atoms with Crippen LogP contribution in [0.1, 0.15) is 24.1 Å². The lowest BCUT2D eigenvalue weighted by molar-refractivity contribution is 0.122. The van der Waals surface area contributed by atoms with Crippen LogP contribution in [0.2, 0.25) is 0 Å². The molecular weight excluding hydrogens is 394 g/mol. The highest BCUT2D eigenvalue weighted by atomic mass is 32.2. The van der Waals surface area contributed by atoms with E-state index in [4.69, 9.17) is 4.74 Å². The van der Waals surface area contributed by atoms with Crippen LogP contribution in [0.4, 0.5) is 11.6 Å². The number of aryl methyl sites for hydroxylation is 3. The molecule has 1 aliphatic rings. The van der Waals surface area contributed by atoms with Crippen molar-refractivity contribution < 1.29 is 13.2 Å². The van der Waals surface area contributed by atoms with Gasteiger partial charge in [0.05, 0.1) is 24.6 Å². The topological polar surface area (TPSA) is 114 Å². The number of sulfonamides is 1. The van der Waals surface area contributed by atoms with Gasteiger partial charge in [-0.3, -0.25) is 4.68 Å². The van der Waals surface area contributed by atoms with E-state index in [1.807, 2.05) is 19.9 Å². The maximum absolute atomic E-state index is 12.7. The van der Waals surface area contributed by atoms with E-state index >= 15 is 0 Å². The fourth-order valence-corrected chi connectivity index (χ4v) is 4.86. The third-order valence-corrected chi connectivity index (χ3v) is 6.48. The van der Waals surface area contributed by atoms with E-state index in [0.29, 0.717) is 49.3 Å². The summed E-state index contributed by atoms with van der Waals surface area (Å²) in [5.74, 6) is 2.18. The zero-order valence-corrected chi connectivity index (χ0v) is 18.2. The van der Waals surface area contributed by atoms with Gasteiger partial charge in [-0.05, 0) is 27.7 Å². The van der Waals surface area contributed by atoms with Gasteiger partial charge in [0.2, 0.25) is 10.0 Å². The van der Waals surface area contributed by atoms with Crippen molar-refractivity contribution in [3.63, 3.8) is 0 Å².